The first kappa shape index (κ1) is 16.6. The van der Waals surface area contributed by atoms with Gasteiger partial charge >= 0.3 is 0 Å². The van der Waals surface area contributed by atoms with Crippen LogP contribution in [0.2, 0.25) is 0 Å². The lowest BCUT2D eigenvalue weighted by atomic mass is 10.1. The highest BCUT2D eigenvalue weighted by atomic mass is 16.1. The second kappa shape index (κ2) is 6.79. The van der Waals surface area contributed by atoms with E-state index in [1.807, 2.05) is 10.6 Å². The number of nitrogens with zero attached hydrogens (tertiary/aromatic N) is 4. The Kier molecular flexibility index (Phi) is 4.50. The third-order valence-electron chi connectivity index (χ3n) is 5.90. The van der Waals surface area contributed by atoms with Crippen LogP contribution < -0.4 is 10.5 Å². The number of hydrogen-bond acceptors (Lipinski definition) is 4. The summed E-state index contributed by atoms with van der Waals surface area (Å²) in [5, 5.41) is 0.749. The van der Waals surface area contributed by atoms with Crippen molar-refractivity contribution in [2.45, 2.75) is 51.6 Å². The number of piperazine rings is 1. The van der Waals surface area contributed by atoms with Gasteiger partial charge in [0.1, 0.15) is 0 Å². The second-order valence-corrected chi connectivity index (χ2v) is 7.71. The Hall–Kier alpha value is -1.88. The summed E-state index contributed by atoms with van der Waals surface area (Å²) >= 11 is 0. The van der Waals surface area contributed by atoms with E-state index in [9.17, 15) is 4.79 Å². The van der Waals surface area contributed by atoms with E-state index in [-0.39, 0.29) is 5.56 Å². The van der Waals surface area contributed by atoms with Crippen LogP contribution in [-0.4, -0.2) is 46.7 Å². The monoisotopic (exact) mass is 340 g/mol. The standard InChI is InChI=1S/C20H28N4O/c1-15(2)22-9-11-23(12-10-22)17-7-8-18-19(13-17)21-14-24(20(18)25)16-5-3-4-6-16/h7-8,13-16H,3-6,9-12H2,1-2H3. The molecule has 0 unspecified atom stereocenters. The summed E-state index contributed by atoms with van der Waals surface area (Å²) in [6.45, 7) is 8.75. The smallest absolute Gasteiger partial charge is 0.261 e. The minimum Gasteiger partial charge on any atom is -0.369 e. The van der Waals surface area contributed by atoms with E-state index in [1.54, 1.807) is 6.33 Å². The second-order valence-electron chi connectivity index (χ2n) is 7.71. The van der Waals surface area contributed by atoms with Crippen LogP contribution in [0.3, 0.4) is 0 Å². The average molecular weight is 340 g/mol. The van der Waals surface area contributed by atoms with Gasteiger partial charge in [0, 0.05) is 44.0 Å². The summed E-state index contributed by atoms with van der Waals surface area (Å²) in [7, 11) is 0. The number of anilines is 1. The van der Waals surface area contributed by atoms with Gasteiger partial charge in [-0.05, 0) is 44.9 Å². The number of benzene rings is 1. The van der Waals surface area contributed by atoms with E-state index in [4.69, 9.17) is 0 Å². The first-order valence-corrected chi connectivity index (χ1v) is 9.63. The first-order chi connectivity index (χ1) is 12.1. The van der Waals surface area contributed by atoms with Gasteiger partial charge in [0.2, 0.25) is 0 Å². The van der Waals surface area contributed by atoms with E-state index in [1.165, 1.54) is 18.5 Å². The van der Waals surface area contributed by atoms with Gasteiger partial charge in [-0.1, -0.05) is 12.8 Å². The zero-order valence-corrected chi connectivity index (χ0v) is 15.3. The molecule has 2 aliphatic rings. The zero-order valence-electron chi connectivity index (χ0n) is 15.3. The molecule has 25 heavy (non-hydrogen) atoms. The van der Waals surface area contributed by atoms with Crippen LogP contribution in [0.25, 0.3) is 10.9 Å². The van der Waals surface area contributed by atoms with Crippen LogP contribution in [0, 0.1) is 0 Å². The summed E-state index contributed by atoms with van der Waals surface area (Å²) in [6.07, 6.45) is 6.41. The summed E-state index contributed by atoms with van der Waals surface area (Å²) in [5.74, 6) is 0. The lowest BCUT2D eigenvalue weighted by Gasteiger charge is -2.38. The fourth-order valence-corrected chi connectivity index (χ4v) is 4.26. The molecule has 1 aromatic carbocycles. The minimum absolute atomic E-state index is 0.119. The van der Waals surface area contributed by atoms with Crippen molar-refractivity contribution in [3.63, 3.8) is 0 Å². The molecule has 0 amide bonds. The summed E-state index contributed by atoms with van der Waals surface area (Å²) in [6, 6.07) is 7.10. The third-order valence-corrected chi connectivity index (χ3v) is 5.90. The van der Waals surface area contributed by atoms with Gasteiger partial charge < -0.3 is 4.90 Å². The van der Waals surface area contributed by atoms with Crippen LogP contribution in [0.1, 0.15) is 45.6 Å². The molecule has 0 spiro atoms. The largest absolute Gasteiger partial charge is 0.369 e. The molecule has 1 aliphatic heterocycles. The molecule has 2 heterocycles. The maximum atomic E-state index is 12.8. The van der Waals surface area contributed by atoms with E-state index in [2.05, 4.69) is 40.8 Å². The Labute approximate surface area is 149 Å². The van der Waals surface area contributed by atoms with Gasteiger partial charge in [-0.3, -0.25) is 14.3 Å². The Balaban J connectivity index is 1.59. The van der Waals surface area contributed by atoms with E-state index >= 15 is 0 Å². The molecule has 0 radical (unpaired) electrons. The summed E-state index contributed by atoms with van der Waals surface area (Å²) in [4.78, 5) is 22.4. The maximum Gasteiger partial charge on any atom is 0.261 e. The molecular formula is C20H28N4O. The molecule has 134 valence electrons. The molecule has 0 atom stereocenters. The van der Waals surface area contributed by atoms with Crippen molar-refractivity contribution in [2.24, 2.45) is 0 Å². The molecular weight excluding hydrogens is 312 g/mol. The predicted molar refractivity (Wildman–Crippen MR) is 102 cm³/mol. The van der Waals surface area contributed by atoms with Gasteiger partial charge in [-0.25, -0.2) is 4.98 Å². The fraction of sp³-hybridized carbons (Fsp3) is 0.600. The third kappa shape index (κ3) is 3.17. The Morgan fingerprint density at radius 2 is 1.80 bits per heavy atom. The molecule has 2 aromatic rings. The van der Waals surface area contributed by atoms with Gasteiger partial charge in [0.05, 0.1) is 17.2 Å². The van der Waals surface area contributed by atoms with Gasteiger partial charge in [-0.2, -0.15) is 0 Å². The Bertz CT molecular complexity index is 799. The average Bonchev–Trinajstić information content (AvgIpc) is 3.16. The van der Waals surface area contributed by atoms with Gasteiger partial charge in [0.25, 0.3) is 5.56 Å². The van der Waals surface area contributed by atoms with Crippen molar-refractivity contribution >= 4 is 16.6 Å². The van der Waals surface area contributed by atoms with Crippen molar-refractivity contribution < 1.29 is 0 Å². The molecule has 1 aliphatic carbocycles. The Morgan fingerprint density at radius 3 is 2.48 bits per heavy atom. The van der Waals surface area contributed by atoms with Crippen LogP contribution in [0.15, 0.2) is 29.3 Å². The quantitative estimate of drug-likeness (QED) is 0.861. The fourth-order valence-electron chi connectivity index (χ4n) is 4.26. The molecule has 5 nitrogen and oxygen atoms in total. The molecule has 1 saturated carbocycles. The van der Waals surface area contributed by atoms with Crippen molar-refractivity contribution in [3.8, 4) is 0 Å². The predicted octanol–water partition coefficient (Wildman–Crippen LogP) is 3.04. The lowest BCUT2D eigenvalue weighted by Crippen LogP contribution is -2.48. The van der Waals surface area contributed by atoms with Crippen molar-refractivity contribution in [1.82, 2.24) is 14.5 Å². The van der Waals surface area contributed by atoms with Gasteiger partial charge in [-0.15, -0.1) is 0 Å². The van der Waals surface area contributed by atoms with Crippen LogP contribution in [-0.2, 0) is 0 Å². The Morgan fingerprint density at radius 1 is 1.08 bits per heavy atom. The molecule has 1 aromatic heterocycles. The van der Waals surface area contributed by atoms with Gasteiger partial charge in [0.15, 0.2) is 0 Å². The number of aromatic nitrogens is 2. The first-order valence-electron chi connectivity index (χ1n) is 9.63. The highest BCUT2D eigenvalue weighted by Crippen LogP contribution is 2.28. The highest BCUT2D eigenvalue weighted by molar-refractivity contribution is 5.81. The van der Waals surface area contributed by atoms with Crippen LogP contribution in [0.4, 0.5) is 5.69 Å². The van der Waals surface area contributed by atoms with Crippen molar-refractivity contribution in [3.05, 3.63) is 34.9 Å². The SMILES string of the molecule is CC(C)N1CCN(c2ccc3c(=O)n(C4CCCC4)cnc3c2)CC1. The molecule has 2 fully saturated rings. The molecule has 1 saturated heterocycles. The highest BCUT2D eigenvalue weighted by Gasteiger charge is 2.21. The minimum atomic E-state index is 0.119. The van der Waals surface area contributed by atoms with Crippen LogP contribution >= 0.6 is 0 Å². The van der Waals surface area contributed by atoms with E-state index in [0.29, 0.717) is 12.1 Å². The molecule has 5 heteroatoms. The van der Waals surface area contributed by atoms with Crippen molar-refractivity contribution in [2.75, 3.05) is 31.1 Å². The van der Waals surface area contributed by atoms with E-state index < -0.39 is 0 Å². The van der Waals surface area contributed by atoms with Crippen LogP contribution in [0.5, 0.6) is 0 Å². The lowest BCUT2D eigenvalue weighted by molar-refractivity contribution is 0.209. The van der Waals surface area contributed by atoms with Crippen molar-refractivity contribution in [1.29, 1.82) is 0 Å². The summed E-state index contributed by atoms with van der Waals surface area (Å²) < 4.78 is 1.86. The number of hydrogen-bond donors (Lipinski definition) is 0. The normalized spacial score (nSPS) is 20.0. The maximum absolute atomic E-state index is 12.8. The number of rotatable bonds is 3. The zero-order chi connectivity index (χ0) is 17.4. The molecule has 4 rings (SSSR count). The molecule has 0 N–H and O–H groups in total. The summed E-state index contributed by atoms with van der Waals surface area (Å²) in [5.41, 5.74) is 2.12. The van der Waals surface area contributed by atoms with E-state index in [0.717, 1.165) is 49.9 Å². The molecule has 0 bridgehead atoms. The topological polar surface area (TPSA) is 41.4 Å². The number of fused-ring (bicyclic) bond motifs is 1.